The Balaban J connectivity index is 1.80. The summed E-state index contributed by atoms with van der Waals surface area (Å²) in [6, 6.07) is 0. The highest BCUT2D eigenvalue weighted by atomic mass is 32.1. The number of amides is 1. The Morgan fingerprint density at radius 2 is 2.24 bits per heavy atom. The van der Waals surface area contributed by atoms with Crippen molar-refractivity contribution in [1.29, 1.82) is 0 Å². The van der Waals surface area contributed by atoms with Crippen LogP contribution in [-0.2, 0) is 4.74 Å². The number of carbonyl (C=O) groups excluding carboxylic acids is 1. The van der Waals surface area contributed by atoms with Gasteiger partial charge in [0.25, 0.3) is 0 Å². The highest BCUT2D eigenvalue weighted by Crippen LogP contribution is 2.18. The first-order valence-corrected chi connectivity index (χ1v) is 6.75. The number of carbonyl (C=O) groups is 1. The van der Waals surface area contributed by atoms with Crippen molar-refractivity contribution < 1.29 is 9.53 Å². The fraction of sp³-hybridized carbons (Fsp3) is 0.636. The first kappa shape index (κ1) is 12.2. The van der Waals surface area contributed by atoms with E-state index in [1.807, 2.05) is 18.5 Å². The SMILES string of the molecule is CCCOC(=O)N1CCN(c2nccs2)CC1. The Bertz CT molecular complexity index is 348. The Morgan fingerprint density at radius 3 is 2.82 bits per heavy atom. The second-order valence-electron chi connectivity index (χ2n) is 3.90. The summed E-state index contributed by atoms with van der Waals surface area (Å²) in [7, 11) is 0. The monoisotopic (exact) mass is 255 g/mol. The summed E-state index contributed by atoms with van der Waals surface area (Å²) in [4.78, 5) is 19.9. The molecule has 0 saturated carbocycles. The fourth-order valence-corrected chi connectivity index (χ4v) is 2.43. The molecular formula is C11H17N3O2S. The van der Waals surface area contributed by atoms with Crippen LogP contribution in [0.3, 0.4) is 0 Å². The van der Waals surface area contributed by atoms with Gasteiger partial charge in [-0.1, -0.05) is 6.92 Å². The van der Waals surface area contributed by atoms with Crippen LogP contribution >= 0.6 is 11.3 Å². The number of rotatable bonds is 3. The van der Waals surface area contributed by atoms with Crippen molar-refractivity contribution in [1.82, 2.24) is 9.88 Å². The normalized spacial score (nSPS) is 16.1. The van der Waals surface area contributed by atoms with Crippen molar-refractivity contribution in [3.8, 4) is 0 Å². The topological polar surface area (TPSA) is 45.7 Å². The number of nitrogens with zero attached hydrogens (tertiary/aromatic N) is 3. The Labute approximate surface area is 105 Å². The number of piperazine rings is 1. The van der Waals surface area contributed by atoms with Gasteiger partial charge in [0.15, 0.2) is 5.13 Å². The maximum atomic E-state index is 11.6. The molecule has 0 unspecified atom stereocenters. The lowest BCUT2D eigenvalue weighted by Crippen LogP contribution is -2.49. The molecule has 6 heteroatoms. The van der Waals surface area contributed by atoms with Gasteiger partial charge < -0.3 is 14.5 Å². The molecule has 5 nitrogen and oxygen atoms in total. The molecule has 2 heterocycles. The molecule has 1 saturated heterocycles. The Morgan fingerprint density at radius 1 is 1.47 bits per heavy atom. The number of hydrogen-bond acceptors (Lipinski definition) is 5. The molecule has 0 aromatic carbocycles. The lowest BCUT2D eigenvalue weighted by atomic mass is 10.3. The minimum atomic E-state index is -0.189. The molecule has 0 spiro atoms. The summed E-state index contributed by atoms with van der Waals surface area (Å²) in [5.41, 5.74) is 0. The molecule has 1 aromatic heterocycles. The van der Waals surface area contributed by atoms with E-state index in [9.17, 15) is 4.79 Å². The lowest BCUT2D eigenvalue weighted by molar-refractivity contribution is 0.100. The van der Waals surface area contributed by atoms with Gasteiger partial charge in [0.2, 0.25) is 0 Å². The summed E-state index contributed by atoms with van der Waals surface area (Å²) < 4.78 is 5.11. The molecule has 0 radical (unpaired) electrons. The molecule has 0 bridgehead atoms. The van der Waals surface area contributed by atoms with Gasteiger partial charge in [0, 0.05) is 37.8 Å². The van der Waals surface area contributed by atoms with Gasteiger partial charge >= 0.3 is 6.09 Å². The van der Waals surface area contributed by atoms with E-state index in [4.69, 9.17) is 4.74 Å². The molecule has 2 rings (SSSR count). The highest BCUT2D eigenvalue weighted by Gasteiger charge is 2.22. The first-order chi connectivity index (χ1) is 8.31. The zero-order chi connectivity index (χ0) is 12.1. The molecular weight excluding hydrogens is 238 g/mol. The third-order valence-corrected chi connectivity index (χ3v) is 3.49. The number of hydrogen-bond donors (Lipinski definition) is 0. The van der Waals surface area contributed by atoms with Crippen LogP contribution in [-0.4, -0.2) is 48.8 Å². The first-order valence-electron chi connectivity index (χ1n) is 5.87. The minimum Gasteiger partial charge on any atom is -0.449 e. The number of thiazole rings is 1. The summed E-state index contributed by atoms with van der Waals surface area (Å²) in [6.45, 7) is 5.58. The van der Waals surface area contributed by atoms with Gasteiger partial charge in [-0.2, -0.15) is 0 Å². The molecule has 94 valence electrons. The van der Waals surface area contributed by atoms with Crippen LogP contribution in [0.4, 0.5) is 9.93 Å². The van der Waals surface area contributed by atoms with Crippen molar-refractivity contribution in [3.05, 3.63) is 11.6 Å². The maximum absolute atomic E-state index is 11.6. The van der Waals surface area contributed by atoms with Crippen molar-refractivity contribution in [2.45, 2.75) is 13.3 Å². The fourth-order valence-electron chi connectivity index (χ4n) is 1.73. The summed E-state index contributed by atoms with van der Waals surface area (Å²) in [5.74, 6) is 0. The average Bonchev–Trinajstić information content (AvgIpc) is 2.90. The van der Waals surface area contributed by atoms with Crippen LogP contribution < -0.4 is 4.90 Å². The van der Waals surface area contributed by atoms with Crippen LogP contribution in [0.25, 0.3) is 0 Å². The highest BCUT2D eigenvalue weighted by molar-refractivity contribution is 7.13. The van der Waals surface area contributed by atoms with Crippen molar-refractivity contribution in [3.63, 3.8) is 0 Å². The maximum Gasteiger partial charge on any atom is 0.409 e. The predicted octanol–water partition coefficient (Wildman–Crippen LogP) is 1.81. The molecule has 1 amide bonds. The Kier molecular flexibility index (Phi) is 4.19. The van der Waals surface area contributed by atoms with Crippen LogP contribution in [0.2, 0.25) is 0 Å². The van der Waals surface area contributed by atoms with Gasteiger partial charge in [0.1, 0.15) is 0 Å². The van der Waals surface area contributed by atoms with Crippen molar-refractivity contribution in [2.75, 3.05) is 37.7 Å². The van der Waals surface area contributed by atoms with E-state index in [1.54, 1.807) is 16.2 Å². The predicted molar refractivity (Wildman–Crippen MR) is 67.5 cm³/mol. The molecule has 1 fully saturated rings. The second kappa shape index (κ2) is 5.86. The molecule has 0 atom stereocenters. The van der Waals surface area contributed by atoms with Crippen LogP contribution in [0.1, 0.15) is 13.3 Å². The summed E-state index contributed by atoms with van der Waals surface area (Å²) in [6.07, 6.45) is 2.48. The van der Waals surface area contributed by atoms with E-state index in [1.165, 1.54) is 0 Å². The average molecular weight is 255 g/mol. The third-order valence-electron chi connectivity index (χ3n) is 2.66. The molecule has 1 aliphatic rings. The van der Waals surface area contributed by atoms with Crippen LogP contribution in [0, 0.1) is 0 Å². The summed E-state index contributed by atoms with van der Waals surface area (Å²) in [5, 5.41) is 3.00. The molecule has 0 aliphatic carbocycles. The van der Waals surface area contributed by atoms with Gasteiger partial charge in [-0.25, -0.2) is 9.78 Å². The molecule has 1 aliphatic heterocycles. The zero-order valence-corrected chi connectivity index (χ0v) is 10.8. The van der Waals surface area contributed by atoms with E-state index >= 15 is 0 Å². The van der Waals surface area contributed by atoms with E-state index in [0.29, 0.717) is 19.7 Å². The van der Waals surface area contributed by atoms with Crippen molar-refractivity contribution >= 4 is 22.6 Å². The Hall–Kier alpha value is -1.30. The minimum absolute atomic E-state index is 0.189. The van der Waals surface area contributed by atoms with Gasteiger partial charge in [-0.05, 0) is 6.42 Å². The van der Waals surface area contributed by atoms with E-state index in [2.05, 4.69) is 9.88 Å². The van der Waals surface area contributed by atoms with E-state index in [0.717, 1.165) is 24.6 Å². The number of aromatic nitrogens is 1. The molecule has 17 heavy (non-hydrogen) atoms. The lowest BCUT2D eigenvalue weighted by Gasteiger charge is -2.33. The van der Waals surface area contributed by atoms with E-state index < -0.39 is 0 Å². The standard InChI is InChI=1S/C11H17N3O2S/c1-2-8-16-11(15)14-6-4-13(5-7-14)10-12-3-9-17-10/h3,9H,2,4-8H2,1H3. The third kappa shape index (κ3) is 3.09. The largest absolute Gasteiger partial charge is 0.449 e. The summed E-state index contributed by atoms with van der Waals surface area (Å²) >= 11 is 1.63. The number of anilines is 1. The van der Waals surface area contributed by atoms with Crippen LogP contribution in [0.5, 0.6) is 0 Å². The van der Waals surface area contributed by atoms with E-state index in [-0.39, 0.29) is 6.09 Å². The van der Waals surface area contributed by atoms with Gasteiger partial charge in [0.05, 0.1) is 6.61 Å². The van der Waals surface area contributed by atoms with Gasteiger partial charge in [-0.3, -0.25) is 0 Å². The molecule has 1 aromatic rings. The smallest absolute Gasteiger partial charge is 0.409 e. The zero-order valence-electron chi connectivity index (χ0n) is 9.96. The van der Waals surface area contributed by atoms with Gasteiger partial charge in [-0.15, -0.1) is 11.3 Å². The van der Waals surface area contributed by atoms with Crippen LogP contribution in [0.15, 0.2) is 11.6 Å². The number of ether oxygens (including phenoxy) is 1. The van der Waals surface area contributed by atoms with Crippen molar-refractivity contribution in [2.24, 2.45) is 0 Å². The second-order valence-corrected chi connectivity index (χ2v) is 4.78. The molecule has 0 N–H and O–H groups in total. The quantitative estimate of drug-likeness (QED) is 0.826.